The number of fused-ring (bicyclic) bond motifs is 1. The molecule has 0 fully saturated rings. The van der Waals surface area contributed by atoms with Crippen LogP contribution in [0.25, 0.3) is 0 Å². The average molecular weight is 396 g/mol. The van der Waals surface area contributed by atoms with Crippen LogP contribution in [0, 0.1) is 11.8 Å². The molecule has 0 atom stereocenters. The first kappa shape index (κ1) is 21.4. The minimum atomic E-state index is -3.86. The van der Waals surface area contributed by atoms with Gasteiger partial charge in [-0.15, -0.1) is 4.83 Å². The molecule has 0 radical (unpaired) electrons. The summed E-state index contributed by atoms with van der Waals surface area (Å²) in [5.41, 5.74) is 0.0833. The van der Waals surface area contributed by atoms with Crippen molar-refractivity contribution < 1.29 is 18.0 Å². The average Bonchev–Trinajstić information content (AvgIpc) is 2.58. The highest BCUT2D eigenvalue weighted by Crippen LogP contribution is 2.22. The van der Waals surface area contributed by atoms with E-state index in [1.807, 2.05) is 0 Å². The number of sulfonamides is 1. The Hall–Kier alpha value is -1.93. The van der Waals surface area contributed by atoms with Crippen molar-refractivity contribution in [3.05, 3.63) is 29.8 Å². The van der Waals surface area contributed by atoms with Gasteiger partial charge in [0.25, 0.3) is 15.9 Å². The second-order valence-corrected chi connectivity index (χ2v) is 9.36. The highest BCUT2D eigenvalue weighted by atomic mass is 32.2. The minimum Gasteiger partial charge on any atom is -0.341 e. The third kappa shape index (κ3) is 5.52. The molecule has 1 heterocycles. The predicted octanol–water partition coefficient (Wildman–Crippen LogP) is 2.26. The molecule has 0 spiro atoms. The molecular weight excluding hydrogens is 366 g/mol. The summed E-state index contributed by atoms with van der Waals surface area (Å²) >= 11 is 0. The summed E-state index contributed by atoms with van der Waals surface area (Å²) in [6, 6.07) is 6.01. The number of nitrogens with zero attached hydrogens (tertiary/aromatic N) is 2. The van der Waals surface area contributed by atoms with Crippen molar-refractivity contribution in [1.29, 1.82) is 0 Å². The molecule has 0 bridgehead atoms. The first-order chi connectivity index (χ1) is 12.6. The SMILES string of the molecule is CC(C)CCN(CCC(C)C)C(=O)CN1NS(=O)(=O)c2ccccc2C1=O. The molecule has 27 heavy (non-hydrogen) atoms. The number of hydrogen-bond donors (Lipinski definition) is 1. The lowest BCUT2D eigenvalue weighted by atomic mass is 10.1. The van der Waals surface area contributed by atoms with E-state index in [0.717, 1.165) is 17.9 Å². The summed E-state index contributed by atoms with van der Waals surface area (Å²) in [6.07, 6.45) is 1.71. The van der Waals surface area contributed by atoms with Gasteiger partial charge >= 0.3 is 0 Å². The molecular formula is C19H29N3O4S. The molecule has 0 aromatic heterocycles. The van der Waals surface area contributed by atoms with Crippen LogP contribution in [-0.2, 0) is 14.8 Å². The van der Waals surface area contributed by atoms with Crippen LogP contribution in [0.3, 0.4) is 0 Å². The quantitative estimate of drug-likeness (QED) is 0.731. The zero-order chi connectivity index (χ0) is 20.2. The Morgan fingerprint density at radius 2 is 1.63 bits per heavy atom. The molecule has 2 rings (SSSR count). The lowest BCUT2D eigenvalue weighted by Crippen LogP contribution is -2.54. The summed E-state index contributed by atoms with van der Waals surface area (Å²) in [6.45, 7) is 9.22. The van der Waals surface area contributed by atoms with Gasteiger partial charge in [-0.25, -0.2) is 8.42 Å². The van der Waals surface area contributed by atoms with E-state index in [2.05, 4.69) is 32.5 Å². The van der Waals surface area contributed by atoms with Crippen molar-refractivity contribution in [2.75, 3.05) is 19.6 Å². The van der Waals surface area contributed by atoms with Crippen molar-refractivity contribution in [2.24, 2.45) is 11.8 Å². The van der Waals surface area contributed by atoms with Gasteiger partial charge in [0.2, 0.25) is 5.91 Å². The van der Waals surface area contributed by atoms with Crippen molar-refractivity contribution in [1.82, 2.24) is 14.7 Å². The van der Waals surface area contributed by atoms with Gasteiger partial charge in [-0.05, 0) is 36.8 Å². The van der Waals surface area contributed by atoms with Crippen LogP contribution in [0.5, 0.6) is 0 Å². The van der Waals surface area contributed by atoms with Crippen molar-refractivity contribution in [3.63, 3.8) is 0 Å². The molecule has 8 heteroatoms. The fraction of sp³-hybridized carbons (Fsp3) is 0.579. The van der Waals surface area contributed by atoms with E-state index in [4.69, 9.17) is 0 Å². The standard InChI is InChI=1S/C19H29N3O4S/c1-14(2)9-11-21(12-10-15(3)4)18(23)13-22-19(24)16-7-5-6-8-17(16)27(25,26)20-22/h5-8,14-15,20H,9-13H2,1-4H3. The molecule has 1 aliphatic heterocycles. The summed E-state index contributed by atoms with van der Waals surface area (Å²) in [5.74, 6) is 0.121. The maximum absolute atomic E-state index is 12.8. The van der Waals surface area contributed by atoms with Gasteiger partial charge < -0.3 is 4.90 Å². The molecule has 2 amide bonds. The molecule has 0 unspecified atom stereocenters. The number of carbonyl (C=O) groups is 2. The molecule has 1 aromatic rings. The normalized spacial score (nSPS) is 15.9. The fourth-order valence-corrected chi connectivity index (χ4v) is 4.03. The maximum Gasteiger partial charge on any atom is 0.270 e. The molecule has 0 aliphatic carbocycles. The van der Waals surface area contributed by atoms with Crippen LogP contribution in [0.15, 0.2) is 29.2 Å². The number of carbonyl (C=O) groups excluding carboxylic acids is 2. The highest BCUT2D eigenvalue weighted by molar-refractivity contribution is 7.89. The van der Waals surface area contributed by atoms with E-state index in [1.165, 1.54) is 12.1 Å². The molecule has 150 valence electrons. The summed E-state index contributed by atoms with van der Waals surface area (Å²) in [4.78, 5) is 29.3. The minimum absolute atomic E-state index is 0.0600. The first-order valence-electron chi connectivity index (χ1n) is 9.33. The lowest BCUT2D eigenvalue weighted by molar-refractivity contribution is -0.132. The molecule has 1 N–H and O–H groups in total. The van der Waals surface area contributed by atoms with Crippen LogP contribution < -0.4 is 4.83 Å². The highest BCUT2D eigenvalue weighted by Gasteiger charge is 2.35. The van der Waals surface area contributed by atoms with Crippen LogP contribution >= 0.6 is 0 Å². The van der Waals surface area contributed by atoms with Gasteiger partial charge in [0.15, 0.2) is 0 Å². The van der Waals surface area contributed by atoms with Crippen LogP contribution in [0.4, 0.5) is 0 Å². The number of rotatable bonds is 8. The Bertz CT molecular complexity index is 778. The molecule has 0 saturated carbocycles. The Morgan fingerprint density at radius 1 is 1.07 bits per heavy atom. The molecule has 1 aliphatic rings. The fourth-order valence-electron chi connectivity index (χ4n) is 2.79. The summed E-state index contributed by atoms with van der Waals surface area (Å²) < 4.78 is 24.8. The largest absolute Gasteiger partial charge is 0.341 e. The lowest BCUT2D eigenvalue weighted by Gasteiger charge is -2.31. The Balaban J connectivity index is 2.15. The van der Waals surface area contributed by atoms with Gasteiger partial charge in [-0.1, -0.05) is 39.8 Å². The summed E-state index contributed by atoms with van der Waals surface area (Å²) in [7, 11) is -3.86. The number of benzene rings is 1. The first-order valence-corrected chi connectivity index (χ1v) is 10.8. The number of hydrazine groups is 1. The van der Waals surface area contributed by atoms with E-state index in [-0.39, 0.29) is 22.9 Å². The van der Waals surface area contributed by atoms with Crippen LogP contribution in [0.1, 0.15) is 50.9 Å². The van der Waals surface area contributed by atoms with E-state index in [9.17, 15) is 18.0 Å². The second-order valence-electron chi connectivity index (χ2n) is 7.73. The van der Waals surface area contributed by atoms with Gasteiger partial charge in [0, 0.05) is 13.1 Å². The van der Waals surface area contributed by atoms with Crippen molar-refractivity contribution >= 4 is 21.8 Å². The molecule has 0 saturated heterocycles. The smallest absolute Gasteiger partial charge is 0.270 e. The van der Waals surface area contributed by atoms with E-state index in [0.29, 0.717) is 24.9 Å². The molecule has 1 aromatic carbocycles. The van der Waals surface area contributed by atoms with Crippen LogP contribution in [0.2, 0.25) is 0 Å². The third-order valence-corrected chi connectivity index (χ3v) is 5.88. The Labute approximate surface area is 161 Å². The third-order valence-electron chi connectivity index (χ3n) is 4.48. The van der Waals surface area contributed by atoms with Gasteiger partial charge in [0.05, 0.1) is 10.5 Å². The monoisotopic (exact) mass is 395 g/mol. The van der Waals surface area contributed by atoms with Crippen molar-refractivity contribution in [2.45, 2.75) is 45.4 Å². The second kappa shape index (κ2) is 8.84. The van der Waals surface area contributed by atoms with E-state index in [1.54, 1.807) is 17.0 Å². The molecule has 7 nitrogen and oxygen atoms in total. The van der Waals surface area contributed by atoms with Gasteiger partial charge in [-0.3, -0.25) is 14.6 Å². The van der Waals surface area contributed by atoms with E-state index >= 15 is 0 Å². The van der Waals surface area contributed by atoms with Gasteiger partial charge in [-0.2, -0.15) is 0 Å². The summed E-state index contributed by atoms with van der Waals surface area (Å²) in [5, 5.41) is 0.901. The topological polar surface area (TPSA) is 86.8 Å². The van der Waals surface area contributed by atoms with Crippen LogP contribution in [-0.4, -0.2) is 49.8 Å². The Kier molecular flexibility index (Phi) is 7.00. The number of amides is 2. The van der Waals surface area contributed by atoms with E-state index < -0.39 is 15.9 Å². The zero-order valence-corrected chi connectivity index (χ0v) is 17.3. The number of hydrogen-bond acceptors (Lipinski definition) is 4. The Morgan fingerprint density at radius 3 is 2.19 bits per heavy atom. The zero-order valence-electron chi connectivity index (χ0n) is 16.4. The van der Waals surface area contributed by atoms with Crippen molar-refractivity contribution in [3.8, 4) is 0 Å². The maximum atomic E-state index is 12.8. The van der Waals surface area contributed by atoms with Gasteiger partial charge in [0.1, 0.15) is 6.54 Å². The predicted molar refractivity (Wildman–Crippen MR) is 103 cm³/mol. The number of nitrogens with one attached hydrogen (secondary N) is 1.